The summed E-state index contributed by atoms with van der Waals surface area (Å²) in [7, 11) is 0. The first-order valence-corrected chi connectivity index (χ1v) is 5.93. The third-order valence-corrected chi connectivity index (χ3v) is 3.34. The van der Waals surface area contributed by atoms with Crippen LogP contribution in [0.3, 0.4) is 0 Å². The molecule has 0 saturated carbocycles. The number of benzene rings is 1. The van der Waals surface area contributed by atoms with E-state index in [9.17, 15) is 13.2 Å². The summed E-state index contributed by atoms with van der Waals surface area (Å²) < 4.78 is 36.6. The zero-order valence-corrected chi connectivity index (χ0v) is 9.37. The van der Waals surface area contributed by atoms with Crippen molar-refractivity contribution in [2.24, 2.45) is 0 Å². The van der Waals surface area contributed by atoms with Crippen molar-refractivity contribution < 1.29 is 13.2 Å². The predicted molar refractivity (Wildman–Crippen MR) is 58.6 cm³/mol. The maximum absolute atomic E-state index is 12.2. The average Bonchev–Trinajstić information content (AvgIpc) is 2.68. The van der Waals surface area contributed by atoms with Gasteiger partial charge in [0.25, 0.3) is 0 Å². The number of thioether (sulfide) groups is 1. The number of halogens is 3. The minimum atomic E-state index is -4.20. The highest BCUT2D eigenvalue weighted by molar-refractivity contribution is 8.00. The maximum atomic E-state index is 12.2. The molecule has 1 atom stereocenters. The van der Waals surface area contributed by atoms with Gasteiger partial charge in [0.1, 0.15) is 0 Å². The molecule has 0 radical (unpaired) electrons. The van der Waals surface area contributed by atoms with Crippen LogP contribution >= 0.6 is 11.8 Å². The average molecular weight is 247 g/mol. The van der Waals surface area contributed by atoms with Gasteiger partial charge in [-0.2, -0.15) is 13.2 Å². The second-order valence-electron chi connectivity index (χ2n) is 3.81. The molecule has 0 aromatic heterocycles. The van der Waals surface area contributed by atoms with Gasteiger partial charge in [-0.05, 0) is 48.3 Å². The fourth-order valence-electron chi connectivity index (χ4n) is 1.90. The number of hydrogen-bond donors (Lipinski definition) is 1. The Morgan fingerprint density at radius 1 is 1.31 bits per heavy atom. The summed E-state index contributed by atoms with van der Waals surface area (Å²) >= 11 is -0.0467. The van der Waals surface area contributed by atoms with Crippen molar-refractivity contribution in [2.45, 2.75) is 22.7 Å². The van der Waals surface area contributed by atoms with Crippen molar-refractivity contribution in [3.63, 3.8) is 0 Å². The summed E-state index contributed by atoms with van der Waals surface area (Å²) in [5.74, 6) is 0.355. The Balaban J connectivity index is 2.12. The lowest BCUT2D eigenvalue weighted by molar-refractivity contribution is -0.0328. The van der Waals surface area contributed by atoms with Crippen LogP contribution in [0, 0.1) is 0 Å². The van der Waals surface area contributed by atoms with E-state index < -0.39 is 5.51 Å². The molecule has 0 amide bonds. The van der Waals surface area contributed by atoms with Crippen LogP contribution in [0.1, 0.15) is 17.9 Å². The molecular weight excluding hydrogens is 235 g/mol. The van der Waals surface area contributed by atoms with Gasteiger partial charge in [0.05, 0.1) is 0 Å². The van der Waals surface area contributed by atoms with E-state index in [1.807, 2.05) is 6.07 Å². The molecule has 5 heteroatoms. The molecular formula is C11H12F3NS. The highest BCUT2D eigenvalue weighted by Gasteiger charge is 2.29. The zero-order chi connectivity index (χ0) is 11.6. The van der Waals surface area contributed by atoms with Crippen molar-refractivity contribution >= 4 is 11.8 Å². The van der Waals surface area contributed by atoms with Crippen molar-refractivity contribution in [3.05, 3.63) is 29.8 Å². The zero-order valence-electron chi connectivity index (χ0n) is 8.55. The van der Waals surface area contributed by atoms with Gasteiger partial charge in [0.15, 0.2) is 0 Å². The summed E-state index contributed by atoms with van der Waals surface area (Å²) in [6.07, 6.45) is 1.00. The van der Waals surface area contributed by atoms with E-state index in [2.05, 4.69) is 5.32 Å². The maximum Gasteiger partial charge on any atom is 0.446 e. The van der Waals surface area contributed by atoms with E-state index in [-0.39, 0.29) is 16.7 Å². The number of alkyl halides is 3. The Bertz CT molecular complexity index is 358. The van der Waals surface area contributed by atoms with Crippen LogP contribution in [0.25, 0.3) is 0 Å². The molecule has 1 aromatic carbocycles. The summed E-state index contributed by atoms with van der Waals surface area (Å²) in [5.41, 5.74) is -3.20. The standard InChI is InChI=1S/C11H12F3NS/c12-11(13,14)16-10-3-1-2-8(6-10)9-4-5-15-7-9/h1-3,6,9,15H,4-5,7H2. The van der Waals surface area contributed by atoms with E-state index in [0.717, 1.165) is 25.1 Å². The summed E-state index contributed by atoms with van der Waals surface area (Å²) in [4.78, 5) is 0.275. The normalized spacial score (nSPS) is 21.3. The molecule has 1 aliphatic rings. The van der Waals surface area contributed by atoms with Gasteiger partial charge >= 0.3 is 5.51 Å². The lowest BCUT2D eigenvalue weighted by atomic mass is 9.99. The smallest absolute Gasteiger partial charge is 0.316 e. The van der Waals surface area contributed by atoms with Crippen LogP contribution in [-0.4, -0.2) is 18.6 Å². The largest absolute Gasteiger partial charge is 0.446 e. The van der Waals surface area contributed by atoms with Gasteiger partial charge in [-0.15, -0.1) is 0 Å². The van der Waals surface area contributed by atoms with Crippen LogP contribution in [-0.2, 0) is 0 Å². The van der Waals surface area contributed by atoms with Crippen molar-refractivity contribution in [1.82, 2.24) is 5.32 Å². The molecule has 16 heavy (non-hydrogen) atoms. The second kappa shape index (κ2) is 4.67. The highest BCUT2D eigenvalue weighted by atomic mass is 32.2. The number of nitrogens with one attached hydrogen (secondary N) is 1. The summed E-state index contributed by atoms with van der Waals surface area (Å²) in [5, 5.41) is 3.21. The molecule has 1 nitrogen and oxygen atoms in total. The quantitative estimate of drug-likeness (QED) is 0.804. The Morgan fingerprint density at radius 2 is 2.12 bits per heavy atom. The van der Waals surface area contributed by atoms with Gasteiger partial charge in [-0.25, -0.2) is 0 Å². The lowest BCUT2D eigenvalue weighted by Crippen LogP contribution is -2.08. The molecule has 1 unspecified atom stereocenters. The Morgan fingerprint density at radius 3 is 2.75 bits per heavy atom. The minimum Gasteiger partial charge on any atom is -0.316 e. The third-order valence-electron chi connectivity index (χ3n) is 2.62. The molecule has 0 bridgehead atoms. The van der Waals surface area contributed by atoms with Gasteiger partial charge in [-0.3, -0.25) is 0 Å². The molecule has 1 N–H and O–H groups in total. The first-order valence-electron chi connectivity index (χ1n) is 5.11. The van der Waals surface area contributed by atoms with E-state index in [0.29, 0.717) is 5.92 Å². The van der Waals surface area contributed by atoms with Crippen LogP contribution in [0.4, 0.5) is 13.2 Å². The van der Waals surface area contributed by atoms with Gasteiger partial charge < -0.3 is 5.32 Å². The molecule has 0 spiro atoms. The Hall–Kier alpha value is -0.680. The lowest BCUT2D eigenvalue weighted by Gasteiger charge is -2.11. The molecule has 1 fully saturated rings. The van der Waals surface area contributed by atoms with Crippen LogP contribution in [0.5, 0.6) is 0 Å². The highest BCUT2D eigenvalue weighted by Crippen LogP contribution is 2.38. The SMILES string of the molecule is FC(F)(F)Sc1cccc(C2CCNC2)c1. The number of hydrogen-bond acceptors (Lipinski definition) is 2. The van der Waals surface area contributed by atoms with Crippen LogP contribution in [0.2, 0.25) is 0 Å². The first kappa shape index (κ1) is 11.8. The van der Waals surface area contributed by atoms with E-state index in [4.69, 9.17) is 0 Å². The Kier molecular flexibility index (Phi) is 3.44. The van der Waals surface area contributed by atoms with E-state index >= 15 is 0 Å². The van der Waals surface area contributed by atoms with E-state index in [1.54, 1.807) is 12.1 Å². The van der Waals surface area contributed by atoms with Gasteiger partial charge in [0.2, 0.25) is 0 Å². The summed E-state index contributed by atoms with van der Waals surface area (Å²) in [6, 6.07) is 6.75. The fraction of sp³-hybridized carbons (Fsp3) is 0.455. The van der Waals surface area contributed by atoms with Gasteiger partial charge in [0, 0.05) is 11.4 Å². The van der Waals surface area contributed by atoms with Crippen LogP contribution < -0.4 is 5.32 Å². The molecule has 1 saturated heterocycles. The summed E-state index contributed by atoms with van der Waals surface area (Å²) in [6.45, 7) is 1.81. The first-order chi connectivity index (χ1) is 7.54. The molecule has 0 aliphatic carbocycles. The van der Waals surface area contributed by atoms with Crippen LogP contribution in [0.15, 0.2) is 29.2 Å². The number of rotatable bonds is 2. The fourth-order valence-corrected chi connectivity index (χ4v) is 2.51. The molecule has 1 aliphatic heterocycles. The third kappa shape index (κ3) is 3.15. The van der Waals surface area contributed by atoms with Crippen molar-refractivity contribution in [2.75, 3.05) is 13.1 Å². The van der Waals surface area contributed by atoms with Crippen molar-refractivity contribution in [3.8, 4) is 0 Å². The molecule has 1 heterocycles. The topological polar surface area (TPSA) is 12.0 Å². The molecule has 2 rings (SSSR count). The molecule has 1 aromatic rings. The van der Waals surface area contributed by atoms with Crippen molar-refractivity contribution in [1.29, 1.82) is 0 Å². The minimum absolute atomic E-state index is 0.0467. The monoisotopic (exact) mass is 247 g/mol. The van der Waals surface area contributed by atoms with E-state index in [1.165, 1.54) is 6.07 Å². The Labute approximate surface area is 96.4 Å². The second-order valence-corrected chi connectivity index (χ2v) is 4.95. The predicted octanol–water partition coefficient (Wildman–Crippen LogP) is 3.38. The molecule has 88 valence electrons. The van der Waals surface area contributed by atoms with Gasteiger partial charge in [-0.1, -0.05) is 12.1 Å².